The van der Waals surface area contributed by atoms with Crippen molar-refractivity contribution in [2.24, 2.45) is 5.10 Å². The summed E-state index contributed by atoms with van der Waals surface area (Å²) in [5, 5.41) is 15.1. The summed E-state index contributed by atoms with van der Waals surface area (Å²) < 4.78 is 5.09. The second kappa shape index (κ2) is 7.96. The number of amides is 1. The van der Waals surface area contributed by atoms with Gasteiger partial charge in [0.15, 0.2) is 15.1 Å². The van der Waals surface area contributed by atoms with Gasteiger partial charge in [-0.25, -0.2) is 24.8 Å². The molecule has 0 saturated carbocycles. The van der Waals surface area contributed by atoms with E-state index in [4.69, 9.17) is 27.9 Å². The van der Waals surface area contributed by atoms with E-state index in [0.29, 0.717) is 4.88 Å². The lowest BCUT2D eigenvalue weighted by Gasteiger charge is -2.21. The fraction of sp³-hybridized carbons (Fsp3) is 0.444. The molecule has 1 atom stereocenters. The molecule has 116 valence electrons. The number of carbonyl (C=O) groups excluding carboxylic acids is 1. The first-order chi connectivity index (χ1) is 9.83. The van der Waals surface area contributed by atoms with Crippen molar-refractivity contribution < 1.29 is 14.6 Å². The predicted octanol–water partition coefficient (Wildman–Crippen LogP) is 2.09. The Bertz CT molecular complexity index is 550. The Labute approximate surface area is 133 Å². The minimum absolute atomic E-state index is 0.0552. The zero-order valence-corrected chi connectivity index (χ0v) is 13.3. The van der Waals surface area contributed by atoms with Crippen LogP contribution in [0.4, 0.5) is 4.79 Å². The summed E-state index contributed by atoms with van der Waals surface area (Å²) in [5.74, 6) is -0.299. The maximum atomic E-state index is 12.0. The smallest absolute Gasteiger partial charge is 0.418 e. The number of carbonyl (C=O) groups is 1. The van der Waals surface area contributed by atoms with Crippen LogP contribution in [0.1, 0.15) is 11.8 Å². The van der Waals surface area contributed by atoms with Crippen LogP contribution < -0.4 is 5.32 Å². The minimum atomic E-state index is -0.935. The van der Waals surface area contributed by atoms with E-state index in [-0.39, 0.29) is 17.0 Å². The molecule has 1 rings (SSSR count). The second-order valence-electron chi connectivity index (χ2n) is 3.50. The molecular formula is C9H11Cl2N5O4S. The van der Waals surface area contributed by atoms with Crippen LogP contribution in [0.2, 0.25) is 4.47 Å². The van der Waals surface area contributed by atoms with Gasteiger partial charge >= 0.3 is 6.09 Å². The summed E-state index contributed by atoms with van der Waals surface area (Å²) in [4.78, 5) is 27.8. The topological polar surface area (TPSA) is 110 Å². The van der Waals surface area contributed by atoms with Crippen LogP contribution in [0, 0.1) is 10.1 Å². The van der Waals surface area contributed by atoms with Crippen LogP contribution in [0.15, 0.2) is 11.3 Å². The summed E-state index contributed by atoms with van der Waals surface area (Å²) in [7, 11) is 1.38. The normalized spacial score (nSPS) is 12.7. The van der Waals surface area contributed by atoms with E-state index in [9.17, 15) is 14.9 Å². The molecule has 0 aromatic carbocycles. The quantitative estimate of drug-likeness (QED) is 0.291. The van der Waals surface area contributed by atoms with Crippen molar-refractivity contribution in [2.45, 2.75) is 19.0 Å². The molecule has 0 saturated heterocycles. The van der Waals surface area contributed by atoms with Crippen LogP contribution in [0.25, 0.3) is 0 Å². The Balaban J connectivity index is 3.03. The molecule has 1 N–H and O–H groups in total. The van der Waals surface area contributed by atoms with Crippen LogP contribution in [-0.4, -0.2) is 39.6 Å². The van der Waals surface area contributed by atoms with Gasteiger partial charge in [-0.1, -0.05) is 23.2 Å². The zero-order chi connectivity index (χ0) is 16.0. The highest BCUT2D eigenvalue weighted by molar-refractivity contribution is 7.15. The molecule has 0 aliphatic heterocycles. The Hall–Kier alpha value is -1.65. The number of rotatable bonds is 4. The number of hydrazone groups is 1. The summed E-state index contributed by atoms with van der Waals surface area (Å²) in [6.07, 6.45) is 0.550. The van der Waals surface area contributed by atoms with Gasteiger partial charge in [-0.05, 0) is 6.92 Å². The lowest BCUT2D eigenvalue weighted by atomic mass is 10.5. The van der Waals surface area contributed by atoms with Crippen LogP contribution in [0.3, 0.4) is 0 Å². The van der Waals surface area contributed by atoms with E-state index in [2.05, 4.69) is 15.4 Å². The molecule has 9 nitrogen and oxygen atoms in total. The first-order valence-electron chi connectivity index (χ1n) is 5.46. The lowest BCUT2D eigenvalue weighted by molar-refractivity contribution is -0.485. The number of nitro groups is 1. The molecule has 12 heteroatoms. The van der Waals surface area contributed by atoms with E-state index in [0.717, 1.165) is 16.2 Å². The van der Waals surface area contributed by atoms with E-state index < -0.39 is 16.7 Å². The van der Waals surface area contributed by atoms with Crippen molar-refractivity contribution in [1.29, 1.82) is 0 Å². The fourth-order valence-electron chi connectivity index (χ4n) is 1.26. The van der Waals surface area contributed by atoms with Crippen LogP contribution >= 0.6 is 34.5 Å². The molecular weight excluding hydrogens is 345 g/mol. The van der Waals surface area contributed by atoms with Crippen molar-refractivity contribution >= 4 is 46.6 Å². The van der Waals surface area contributed by atoms with E-state index in [1.807, 2.05) is 0 Å². The first-order valence-corrected chi connectivity index (χ1v) is 7.09. The lowest BCUT2D eigenvalue weighted by Crippen LogP contribution is -2.44. The third-order valence-corrected chi connectivity index (χ3v) is 3.17. The van der Waals surface area contributed by atoms with Gasteiger partial charge in [-0.2, -0.15) is 0 Å². The number of nitrogens with zero attached hydrogens (tertiary/aromatic N) is 4. The number of hydrogen-bond acceptors (Lipinski definition) is 6. The number of ether oxygens (including phenoxy) is 1. The fourth-order valence-corrected chi connectivity index (χ4v) is 2.30. The number of aromatic nitrogens is 1. The van der Waals surface area contributed by atoms with Crippen LogP contribution in [0.5, 0.6) is 0 Å². The van der Waals surface area contributed by atoms with Crippen molar-refractivity contribution in [1.82, 2.24) is 15.2 Å². The van der Waals surface area contributed by atoms with Gasteiger partial charge in [-0.3, -0.25) is 0 Å². The summed E-state index contributed by atoms with van der Waals surface area (Å²) >= 11 is 12.4. The number of hydrogen-bond donors (Lipinski definition) is 1. The number of alkyl halides is 1. The molecule has 1 heterocycles. The highest BCUT2D eigenvalue weighted by atomic mass is 35.5. The third kappa shape index (κ3) is 5.69. The van der Waals surface area contributed by atoms with Gasteiger partial charge in [0.05, 0.1) is 6.54 Å². The SMILES string of the molecule is CN/C(=N\[N+](=O)[O-])N(Cc1cnc(Cl)s1)C(=O)OC(C)Cl. The van der Waals surface area contributed by atoms with Crippen molar-refractivity contribution in [2.75, 3.05) is 7.05 Å². The van der Waals surface area contributed by atoms with Crippen molar-refractivity contribution in [3.05, 3.63) is 25.7 Å². The molecule has 0 bridgehead atoms. The van der Waals surface area contributed by atoms with Crippen molar-refractivity contribution in [3.63, 3.8) is 0 Å². The van der Waals surface area contributed by atoms with E-state index in [1.165, 1.54) is 20.2 Å². The number of nitrogens with one attached hydrogen (secondary N) is 1. The zero-order valence-electron chi connectivity index (χ0n) is 10.9. The Morgan fingerprint density at radius 1 is 1.76 bits per heavy atom. The monoisotopic (exact) mass is 355 g/mol. The maximum Gasteiger partial charge on any atom is 0.418 e. The molecule has 21 heavy (non-hydrogen) atoms. The Morgan fingerprint density at radius 2 is 2.43 bits per heavy atom. The standard InChI is InChI=1S/C9H11Cl2N5O4S/c1-5(10)20-9(17)15(8(12-2)14-16(18)19)4-6-3-13-7(11)21-6/h3,5H,4H2,1-2H3,(H,12,14). The number of thiazole rings is 1. The van der Waals surface area contributed by atoms with E-state index in [1.54, 1.807) is 0 Å². The van der Waals surface area contributed by atoms with Gasteiger partial charge in [0.2, 0.25) is 0 Å². The summed E-state index contributed by atoms with van der Waals surface area (Å²) in [6.45, 7) is 1.38. The van der Waals surface area contributed by atoms with Gasteiger partial charge in [-0.15, -0.1) is 11.3 Å². The molecule has 0 spiro atoms. The molecule has 1 amide bonds. The average Bonchev–Trinajstić information content (AvgIpc) is 2.78. The Kier molecular flexibility index (Phi) is 6.59. The maximum absolute atomic E-state index is 12.0. The molecule has 1 unspecified atom stereocenters. The number of guanidine groups is 1. The molecule has 1 aromatic heterocycles. The van der Waals surface area contributed by atoms with Gasteiger partial charge in [0, 0.05) is 18.1 Å². The highest BCUT2D eigenvalue weighted by Crippen LogP contribution is 2.20. The van der Waals surface area contributed by atoms with Gasteiger partial charge in [0.1, 0.15) is 5.10 Å². The second-order valence-corrected chi connectivity index (χ2v) is 5.82. The average molecular weight is 356 g/mol. The third-order valence-electron chi connectivity index (χ3n) is 1.98. The Morgan fingerprint density at radius 3 is 2.86 bits per heavy atom. The van der Waals surface area contributed by atoms with Gasteiger partial charge < -0.3 is 10.1 Å². The highest BCUT2D eigenvalue weighted by Gasteiger charge is 2.25. The summed E-state index contributed by atoms with van der Waals surface area (Å²) in [5.41, 5.74) is -0.904. The van der Waals surface area contributed by atoms with Crippen molar-refractivity contribution in [3.8, 4) is 0 Å². The molecule has 0 aliphatic rings. The number of halogens is 2. The summed E-state index contributed by atoms with van der Waals surface area (Å²) in [6, 6.07) is 0. The molecule has 0 radical (unpaired) electrons. The molecule has 1 aromatic rings. The van der Waals surface area contributed by atoms with Crippen LogP contribution in [-0.2, 0) is 11.3 Å². The largest absolute Gasteiger partial charge is 0.430 e. The molecule has 0 aliphatic carbocycles. The minimum Gasteiger partial charge on any atom is -0.430 e. The van der Waals surface area contributed by atoms with E-state index >= 15 is 0 Å². The molecule has 0 fully saturated rings. The predicted molar refractivity (Wildman–Crippen MR) is 78.0 cm³/mol. The first kappa shape index (κ1) is 17.4. The van der Waals surface area contributed by atoms with Gasteiger partial charge in [0.25, 0.3) is 5.96 Å².